The Morgan fingerprint density at radius 1 is 1.43 bits per heavy atom. The maximum atomic E-state index is 12.8. The van der Waals surface area contributed by atoms with Crippen molar-refractivity contribution in [1.82, 2.24) is 20.0 Å². The zero-order chi connectivity index (χ0) is 16.4. The monoisotopic (exact) mass is 332 g/mol. The Labute approximate surface area is 139 Å². The van der Waals surface area contributed by atoms with Gasteiger partial charge < -0.3 is 10.2 Å². The summed E-state index contributed by atoms with van der Waals surface area (Å²) in [6.07, 6.45) is 5.80. The van der Waals surface area contributed by atoms with Gasteiger partial charge in [-0.25, -0.2) is 0 Å². The molecule has 0 aromatic carbocycles. The first-order chi connectivity index (χ1) is 11.0. The smallest absolute Gasteiger partial charge is 0.264 e. The predicted octanol–water partition coefficient (Wildman–Crippen LogP) is 2.09. The van der Waals surface area contributed by atoms with E-state index in [1.165, 1.54) is 18.3 Å². The van der Waals surface area contributed by atoms with Gasteiger partial charge in [0.05, 0.1) is 23.7 Å². The van der Waals surface area contributed by atoms with Gasteiger partial charge in [0.25, 0.3) is 5.91 Å². The second-order valence-electron chi connectivity index (χ2n) is 5.78. The average molecular weight is 332 g/mol. The third-order valence-corrected chi connectivity index (χ3v) is 5.08. The molecule has 23 heavy (non-hydrogen) atoms. The molecule has 1 aliphatic heterocycles. The normalized spacial score (nSPS) is 17.5. The standard InChI is InChI=1S/C16H20N4O2S/c1-11(21)17-9-13-5-6-15(23-13)16(22)20-7-3-4-14(20)12-8-18-19(2)10-12/h5-6,8,10,14H,3-4,7,9H2,1-2H3,(H,17,21)/t14-/m1/s1. The first-order valence-electron chi connectivity index (χ1n) is 7.67. The van der Waals surface area contributed by atoms with Gasteiger partial charge in [-0.15, -0.1) is 11.3 Å². The molecule has 0 saturated carbocycles. The predicted molar refractivity (Wildman–Crippen MR) is 88.1 cm³/mol. The summed E-state index contributed by atoms with van der Waals surface area (Å²) in [5.41, 5.74) is 1.09. The Kier molecular flexibility index (Phi) is 4.47. The molecule has 7 heteroatoms. The minimum Gasteiger partial charge on any atom is -0.351 e. The van der Waals surface area contributed by atoms with E-state index in [0.717, 1.165) is 34.7 Å². The van der Waals surface area contributed by atoms with Gasteiger partial charge in [-0.2, -0.15) is 5.10 Å². The molecular weight excluding hydrogens is 312 g/mol. The number of rotatable bonds is 4. The van der Waals surface area contributed by atoms with E-state index in [1.807, 2.05) is 36.5 Å². The Balaban J connectivity index is 1.73. The number of aryl methyl sites for hydroxylation is 1. The second kappa shape index (κ2) is 6.54. The lowest BCUT2D eigenvalue weighted by molar-refractivity contribution is -0.119. The second-order valence-corrected chi connectivity index (χ2v) is 6.95. The molecule has 6 nitrogen and oxygen atoms in total. The van der Waals surface area contributed by atoms with Crippen LogP contribution in [-0.4, -0.2) is 33.0 Å². The first-order valence-corrected chi connectivity index (χ1v) is 8.49. The summed E-state index contributed by atoms with van der Waals surface area (Å²) < 4.78 is 1.77. The summed E-state index contributed by atoms with van der Waals surface area (Å²) in [6, 6.07) is 3.86. The summed E-state index contributed by atoms with van der Waals surface area (Å²) >= 11 is 1.45. The Hall–Kier alpha value is -2.15. The van der Waals surface area contributed by atoms with Crippen LogP contribution in [0.15, 0.2) is 24.5 Å². The number of likely N-dealkylation sites (tertiary alicyclic amines) is 1. The molecular formula is C16H20N4O2S. The van der Waals surface area contributed by atoms with Gasteiger partial charge in [0.2, 0.25) is 5.91 Å². The number of aromatic nitrogens is 2. The Morgan fingerprint density at radius 3 is 2.96 bits per heavy atom. The van der Waals surface area contributed by atoms with Crippen LogP contribution >= 0.6 is 11.3 Å². The number of hydrogen-bond donors (Lipinski definition) is 1. The zero-order valence-corrected chi connectivity index (χ0v) is 14.1. The summed E-state index contributed by atoms with van der Waals surface area (Å²) in [6.45, 7) is 2.74. The lowest BCUT2D eigenvalue weighted by Gasteiger charge is -2.23. The third kappa shape index (κ3) is 3.44. The topological polar surface area (TPSA) is 67.2 Å². The lowest BCUT2D eigenvalue weighted by atomic mass is 10.1. The van der Waals surface area contributed by atoms with Crippen molar-refractivity contribution < 1.29 is 9.59 Å². The molecule has 0 radical (unpaired) electrons. The van der Waals surface area contributed by atoms with Crippen LogP contribution in [0.1, 0.15) is 45.9 Å². The van der Waals surface area contributed by atoms with E-state index in [9.17, 15) is 9.59 Å². The minimum absolute atomic E-state index is 0.0652. The molecule has 1 atom stereocenters. The molecule has 0 aliphatic carbocycles. The van der Waals surface area contributed by atoms with E-state index in [4.69, 9.17) is 0 Å². The molecule has 0 spiro atoms. The highest BCUT2D eigenvalue weighted by Gasteiger charge is 2.31. The van der Waals surface area contributed by atoms with Crippen LogP contribution in [0.4, 0.5) is 0 Å². The number of amides is 2. The van der Waals surface area contributed by atoms with Crippen LogP contribution in [0.3, 0.4) is 0 Å². The lowest BCUT2D eigenvalue weighted by Crippen LogP contribution is -2.29. The number of thiophene rings is 1. The van der Waals surface area contributed by atoms with Crippen LogP contribution in [0.2, 0.25) is 0 Å². The Morgan fingerprint density at radius 2 is 2.26 bits per heavy atom. The molecule has 2 aromatic heterocycles. The highest BCUT2D eigenvalue weighted by atomic mass is 32.1. The van der Waals surface area contributed by atoms with E-state index in [2.05, 4.69) is 10.4 Å². The molecule has 122 valence electrons. The summed E-state index contributed by atoms with van der Waals surface area (Å²) in [5.74, 6) is -0.00195. The molecule has 1 N–H and O–H groups in total. The van der Waals surface area contributed by atoms with Gasteiger partial charge in [-0.1, -0.05) is 0 Å². The van der Waals surface area contributed by atoms with Crippen LogP contribution in [0.5, 0.6) is 0 Å². The van der Waals surface area contributed by atoms with Crippen LogP contribution in [-0.2, 0) is 18.4 Å². The maximum absolute atomic E-state index is 12.8. The number of nitrogens with one attached hydrogen (secondary N) is 1. The number of nitrogens with zero attached hydrogens (tertiary/aromatic N) is 3. The highest BCUT2D eigenvalue weighted by Crippen LogP contribution is 2.33. The molecule has 1 aliphatic rings. The van der Waals surface area contributed by atoms with Crippen molar-refractivity contribution in [1.29, 1.82) is 0 Å². The highest BCUT2D eigenvalue weighted by molar-refractivity contribution is 7.14. The van der Waals surface area contributed by atoms with Crippen LogP contribution in [0, 0.1) is 0 Å². The molecule has 0 bridgehead atoms. The number of carbonyl (C=O) groups excluding carboxylic acids is 2. The quantitative estimate of drug-likeness (QED) is 0.932. The molecule has 0 unspecified atom stereocenters. The molecule has 3 heterocycles. The van der Waals surface area contributed by atoms with Gasteiger partial charge in [0, 0.05) is 37.2 Å². The van der Waals surface area contributed by atoms with Crippen molar-refractivity contribution >= 4 is 23.2 Å². The van der Waals surface area contributed by atoms with Crippen molar-refractivity contribution in [2.24, 2.45) is 7.05 Å². The van der Waals surface area contributed by atoms with Gasteiger partial charge in [0.15, 0.2) is 0 Å². The number of carbonyl (C=O) groups is 2. The SMILES string of the molecule is CC(=O)NCc1ccc(C(=O)N2CCC[C@@H]2c2cnn(C)c2)s1. The molecule has 2 amide bonds. The van der Waals surface area contributed by atoms with Gasteiger partial charge in [-0.3, -0.25) is 14.3 Å². The summed E-state index contributed by atoms with van der Waals surface area (Å²) in [7, 11) is 1.89. The summed E-state index contributed by atoms with van der Waals surface area (Å²) in [4.78, 5) is 27.4. The van der Waals surface area contributed by atoms with E-state index in [0.29, 0.717) is 6.54 Å². The third-order valence-electron chi connectivity index (χ3n) is 4.01. The fraction of sp³-hybridized carbons (Fsp3) is 0.438. The van der Waals surface area contributed by atoms with E-state index >= 15 is 0 Å². The molecule has 3 rings (SSSR count). The largest absolute Gasteiger partial charge is 0.351 e. The first kappa shape index (κ1) is 15.7. The van der Waals surface area contributed by atoms with Crippen molar-refractivity contribution in [2.45, 2.75) is 32.4 Å². The van der Waals surface area contributed by atoms with Crippen molar-refractivity contribution in [3.8, 4) is 0 Å². The van der Waals surface area contributed by atoms with Crippen LogP contribution in [0.25, 0.3) is 0 Å². The molecule has 2 aromatic rings. The zero-order valence-electron chi connectivity index (χ0n) is 13.3. The summed E-state index contributed by atoms with van der Waals surface area (Å²) in [5, 5.41) is 6.97. The van der Waals surface area contributed by atoms with E-state index in [1.54, 1.807) is 4.68 Å². The van der Waals surface area contributed by atoms with Crippen molar-refractivity contribution in [2.75, 3.05) is 6.54 Å². The van der Waals surface area contributed by atoms with Crippen molar-refractivity contribution in [3.63, 3.8) is 0 Å². The Bertz CT molecular complexity index is 721. The fourth-order valence-electron chi connectivity index (χ4n) is 2.91. The van der Waals surface area contributed by atoms with Crippen LogP contribution < -0.4 is 5.32 Å². The number of hydrogen-bond acceptors (Lipinski definition) is 4. The maximum Gasteiger partial charge on any atom is 0.264 e. The van der Waals surface area contributed by atoms with Gasteiger partial charge in [-0.05, 0) is 25.0 Å². The van der Waals surface area contributed by atoms with E-state index in [-0.39, 0.29) is 17.9 Å². The van der Waals surface area contributed by atoms with Gasteiger partial charge in [0.1, 0.15) is 0 Å². The fourth-order valence-corrected chi connectivity index (χ4v) is 3.81. The van der Waals surface area contributed by atoms with E-state index < -0.39 is 0 Å². The molecule has 1 fully saturated rings. The average Bonchev–Trinajstić information content (AvgIpc) is 3.24. The van der Waals surface area contributed by atoms with Crippen molar-refractivity contribution in [3.05, 3.63) is 39.8 Å². The molecule has 1 saturated heterocycles. The van der Waals surface area contributed by atoms with Gasteiger partial charge >= 0.3 is 0 Å². The minimum atomic E-state index is -0.0672.